The second-order valence-corrected chi connectivity index (χ2v) is 6.23. The Labute approximate surface area is 151 Å². The van der Waals surface area contributed by atoms with E-state index in [-0.39, 0.29) is 24.2 Å². The van der Waals surface area contributed by atoms with E-state index in [1.807, 2.05) is 0 Å². The van der Waals surface area contributed by atoms with Gasteiger partial charge in [0.15, 0.2) is 17.4 Å². The van der Waals surface area contributed by atoms with E-state index in [1.165, 1.54) is 19.2 Å². The van der Waals surface area contributed by atoms with Crippen molar-refractivity contribution in [3.63, 3.8) is 0 Å². The highest BCUT2D eigenvalue weighted by atomic mass is 19.1. The number of amides is 1. The zero-order valence-electron chi connectivity index (χ0n) is 14.7. The van der Waals surface area contributed by atoms with Gasteiger partial charge in [-0.1, -0.05) is 6.07 Å². The van der Waals surface area contributed by atoms with Gasteiger partial charge in [-0.2, -0.15) is 0 Å². The van der Waals surface area contributed by atoms with Gasteiger partial charge < -0.3 is 14.8 Å². The van der Waals surface area contributed by atoms with Crippen LogP contribution in [-0.4, -0.2) is 29.6 Å². The molecule has 1 aliphatic heterocycles. The maximum Gasteiger partial charge on any atom is 0.224 e. The number of aromatic nitrogens is 2. The normalized spacial score (nSPS) is 16.9. The monoisotopic (exact) mass is 359 g/mol. The fourth-order valence-electron chi connectivity index (χ4n) is 2.84. The lowest BCUT2D eigenvalue weighted by atomic mass is 10.1. The SMILES string of the molecule is COc1ccc(CC(=O)NCc2cnc(C3CCCCO3)nc2)cc1F. The maximum atomic E-state index is 13.7. The largest absolute Gasteiger partial charge is 0.494 e. The average molecular weight is 359 g/mol. The minimum Gasteiger partial charge on any atom is -0.494 e. The molecule has 0 aliphatic carbocycles. The summed E-state index contributed by atoms with van der Waals surface area (Å²) in [6.45, 7) is 1.07. The van der Waals surface area contributed by atoms with E-state index in [4.69, 9.17) is 9.47 Å². The molecule has 0 bridgehead atoms. The van der Waals surface area contributed by atoms with Gasteiger partial charge in [-0.25, -0.2) is 14.4 Å². The lowest BCUT2D eigenvalue weighted by molar-refractivity contribution is -0.120. The highest BCUT2D eigenvalue weighted by Gasteiger charge is 2.18. The van der Waals surface area contributed by atoms with Gasteiger partial charge in [0.05, 0.1) is 13.5 Å². The smallest absolute Gasteiger partial charge is 0.224 e. The molecule has 2 heterocycles. The zero-order chi connectivity index (χ0) is 18.4. The number of hydrogen-bond donors (Lipinski definition) is 1. The molecule has 138 valence electrons. The third-order valence-corrected chi connectivity index (χ3v) is 4.26. The molecule has 2 aromatic rings. The number of hydrogen-bond acceptors (Lipinski definition) is 5. The molecule has 1 amide bonds. The van der Waals surface area contributed by atoms with Crippen LogP contribution in [0.15, 0.2) is 30.6 Å². The fourth-order valence-corrected chi connectivity index (χ4v) is 2.84. The molecule has 1 aliphatic rings. The first-order chi connectivity index (χ1) is 12.7. The Hall–Kier alpha value is -2.54. The summed E-state index contributed by atoms with van der Waals surface area (Å²) in [4.78, 5) is 20.7. The van der Waals surface area contributed by atoms with Gasteiger partial charge in [-0.05, 0) is 37.0 Å². The van der Waals surface area contributed by atoms with Crippen molar-refractivity contribution >= 4 is 5.91 Å². The van der Waals surface area contributed by atoms with Crippen molar-refractivity contribution in [3.8, 4) is 5.75 Å². The van der Waals surface area contributed by atoms with E-state index in [0.717, 1.165) is 31.4 Å². The van der Waals surface area contributed by atoms with Crippen molar-refractivity contribution < 1.29 is 18.7 Å². The maximum absolute atomic E-state index is 13.7. The predicted molar refractivity (Wildman–Crippen MR) is 93.1 cm³/mol. The molecule has 0 saturated carbocycles. The van der Waals surface area contributed by atoms with Crippen LogP contribution in [0.2, 0.25) is 0 Å². The van der Waals surface area contributed by atoms with Crippen molar-refractivity contribution in [2.75, 3.05) is 13.7 Å². The van der Waals surface area contributed by atoms with Crippen LogP contribution < -0.4 is 10.1 Å². The number of carbonyl (C=O) groups excluding carboxylic acids is 1. The third-order valence-electron chi connectivity index (χ3n) is 4.26. The molecule has 7 heteroatoms. The van der Waals surface area contributed by atoms with Crippen molar-refractivity contribution in [2.24, 2.45) is 0 Å². The Morgan fingerprint density at radius 2 is 2.12 bits per heavy atom. The summed E-state index contributed by atoms with van der Waals surface area (Å²) in [5, 5.41) is 2.79. The Morgan fingerprint density at radius 3 is 2.77 bits per heavy atom. The molecular formula is C19H22FN3O3. The van der Waals surface area contributed by atoms with Crippen molar-refractivity contribution in [1.29, 1.82) is 0 Å². The molecule has 6 nitrogen and oxygen atoms in total. The van der Waals surface area contributed by atoms with Crippen molar-refractivity contribution in [2.45, 2.75) is 38.3 Å². The first-order valence-electron chi connectivity index (χ1n) is 8.67. The summed E-state index contributed by atoms with van der Waals surface area (Å²) in [5.41, 5.74) is 1.39. The minimum absolute atomic E-state index is 0.0302. The summed E-state index contributed by atoms with van der Waals surface area (Å²) >= 11 is 0. The van der Waals surface area contributed by atoms with Crippen molar-refractivity contribution in [1.82, 2.24) is 15.3 Å². The highest BCUT2D eigenvalue weighted by molar-refractivity contribution is 5.78. The van der Waals surface area contributed by atoms with Crippen LogP contribution in [0.25, 0.3) is 0 Å². The molecule has 1 atom stereocenters. The Balaban J connectivity index is 1.50. The first-order valence-corrected chi connectivity index (χ1v) is 8.67. The van der Waals surface area contributed by atoms with E-state index in [0.29, 0.717) is 17.9 Å². The molecule has 1 unspecified atom stereocenters. The van der Waals surface area contributed by atoms with Gasteiger partial charge in [-0.15, -0.1) is 0 Å². The molecule has 26 heavy (non-hydrogen) atoms. The van der Waals surface area contributed by atoms with Gasteiger partial charge in [0, 0.05) is 31.1 Å². The predicted octanol–water partition coefficient (Wildman–Crippen LogP) is 2.72. The Bertz CT molecular complexity index is 746. The summed E-state index contributed by atoms with van der Waals surface area (Å²) in [6.07, 6.45) is 6.61. The van der Waals surface area contributed by atoms with Gasteiger partial charge in [0.1, 0.15) is 6.10 Å². The van der Waals surface area contributed by atoms with Gasteiger partial charge in [0.25, 0.3) is 0 Å². The van der Waals surface area contributed by atoms with E-state index < -0.39 is 5.82 Å². The summed E-state index contributed by atoms with van der Waals surface area (Å²) < 4.78 is 24.2. The van der Waals surface area contributed by atoms with Gasteiger partial charge >= 0.3 is 0 Å². The fraction of sp³-hybridized carbons (Fsp3) is 0.421. The molecule has 1 N–H and O–H groups in total. The molecule has 1 fully saturated rings. The molecule has 1 aromatic carbocycles. The van der Waals surface area contributed by atoms with Crippen LogP contribution in [0.4, 0.5) is 4.39 Å². The second-order valence-electron chi connectivity index (χ2n) is 6.23. The highest BCUT2D eigenvalue weighted by Crippen LogP contribution is 2.24. The molecule has 0 radical (unpaired) electrons. The summed E-state index contributed by atoms with van der Waals surface area (Å²) in [6, 6.07) is 4.49. The number of ether oxygens (including phenoxy) is 2. The number of carbonyl (C=O) groups is 1. The van der Waals surface area contributed by atoms with Crippen LogP contribution in [0, 0.1) is 5.82 Å². The van der Waals surface area contributed by atoms with Gasteiger partial charge in [-0.3, -0.25) is 4.79 Å². The summed E-state index contributed by atoms with van der Waals surface area (Å²) in [5.74, 6) is 0.169. The van der Waals surface area contributed by atoms with Gasteiger partial charge in [0.2, 0.25) is 5.91 Å². The van der Waals surface area contributed by atoms with Crippen LogP contribution in [0.3, 0.4) is 0 Å². The number of benzene rings is 1. The topological polar surface area (TPSA) is 73.3 Å². The molecular weight excluding hydrogens is 337 g/mol. The first kappa shape index (κ1) is 18.3. The van der Waals surface area contributed by atoms with E-state index in [2.05, 4.69) is 15.3 Å². The minimum atomic E-state index is -0.480. The quantitative estimate of drug-likeness (QED) is 0.858. The number of nitrogens with zero attached hydrogens (tertiary/aromatic N) is 2. The number of methoxy groups -OCH3 is 1. The molecule has 0 spiro atoms. The number of halogens is 1. The van der Waals surface area contributed by atoms with Crippen LogP contribution in [0.1, 0.15) is 42.3 Å². The molecule has 1 aromatic heterocycles. The van der Waals surface area contributed by atoms with E-state index >= 15 is 0 Å². The Kier molecular flexibility index (Phi) is 6.12. The van der Waals surface area contributed by atoms with Crippen LogP contribution >= 0.6 is 0 Å². The zero-order valence-corrected chi connectivity index (χ0v) is 14.7. The molecule has 1 saturated heterocycles. The molecule has 3 rings (SSSR count). The lowest BCUT2D eigenvalue weighted by Gasteiger charge is -2.21. The van der Waals surface area contributed by atoms with E-state index in [1.54, 1.807) is 18.5 Å². The third kappa shape index (κ3) is 4.76. The average Bonchev–Trinajstić information content (AvgIpc) is 2.68. The van der Waals surface area contributed by atoms with Crippen LogP contribution in [0.5, 0.6) is 5.75 Å². The van der Waals surface area contributed by atoms with Crippen LogP contribution in [-0.2, 0) is 22.5 Å². The number of nitrogens with one attached hydrogen (secondary N) is 1. The second kappa shape index (κ2) is 8.71. The Morgan fingerprint density at radius 1 is 1.31 bits per heavy atom. The standard InChI is InChI=1S/C19H22FN3O3/c1-25-16-6-5-13(8-15(16)20)9-18(24)21-10-14-11-22-19(23-12-14)17-4-2-3-7-26-17/h5-6,8,11-12,17H,2-4,7,9-10H2,1H3,(H,21,24). The van der Waals surface area contributed by atoms with Crippen molar-refractivity contribution in [3.05, 3.63) is 53.4 Å². The number of rotatable bonds is 6. The summed E-state index contributed by atoms with van der Waals surface area (Å²) in [7, 11) is 1.40. The lowest BCUT2D eigenvalue weighted by Crippen LogP contribution is -2.25. The van der Waals surface area contributed by atoms with E-state index in [9.17, 15) is 9.18 Å².